The lowest BCUT2D eigenvalue weighted by molar-refractivity contribution is -0.155. The van der Waals surface area contributed by atoms with Gasteiger partial charge in [-0.15, -0.1) is 0 Å². The van der Waals surface area contributed by atoms with Gasteiger partial charge in [0.2, 0.25) is 11.3 Å². The number of nitrogens with zero attached hydrogens (tertiary/aromatic N) is 2. The van der Waals surface area contributed by atoms with Crippen molar-refractivity contribution in [3.8, 4) is 0 Å². The molecule has 1 fully saturated rings. The standard InChI is InChI=1S/C14H12F3N3O4/c1-19-10(22)13(9(18)21,11(23)20(2)12(19)24)7-4-3-5-8(6-7)14(15,16)17/h3-6H,1-2H3,(H2,18,21). The summed E-state index contributed by atoms with van der Waals surface area (Å²) in [7, 11) is 2.00. The highest BCUT2D eigenvalue weighted by Crippen LogP contribution is 2.36. The summed E-state index contributed by atoms with van der Waals surface area (Å²) in [4.78, 5) is 49.7. The number of imide groups is 2. The smallest absolute Gasteiger partial charge is 0.368 e. The first-order chi connectivity index (χ1) is 11.0. The Balaban J connectivity index is 2.78. The van der Waals surface area contributed by atoms with Crippen LogP contribution in [0.2, 0.25) is 0 Å². The Hall–Kier alpha value is -2.91. The lowest BCUT2D eigenvalue weighted by Crippen LogP contribution is -2.69. The molecular weight excluding hydrogens is 331 g/mol. The summed E-state index contributed by atoms with van der Waals surface area (Å²) < 4.78 is 38.7. The molecule has 128 valence electrons. The Morgan fingerprint density at radius 2 is 1.58 bits per heavy atom. The van der Waals surface area contributed by atoms with E-state index < -0.39 is 46.5 Å². The molecule has 0 spiro atoms. The number of carbonyl (C=O) groups excluding carboxylic acids is 4. The first-order valence-electron chi connectivity index (χ1n) is 6.53. The fourth-order valence-corrected chi connectivity index (χ4v) is 2.52. The van der Waals surface area contributed by atoms with Crippen LogP contribution in [-0.2, 0) is 26.0 Å². The largest absolute Gasteiger partial charge is 0.416 e. The van der Waals surface area contributed by atoms with E-state index in [2.05, 4.69) is 0 Å². The molecular formula is C14H12F3N3O4. The Morgan fingerprint density at radius 3 is 2.00 bits per heavy atom. The first kappa shape index (κ1) is 17.4. The lowest BCUT2D eigenvalue weighted by atomic mass is 9.75. The second-order valence-electron chi connectivity index (χ2n) is 5.20. The molecule has 2 N–H and O–H groups in total. The van der Waals surface area contributed by atoms with E-state index >= 15 is 0 Å². The highest BCUT2D eigenvalue weighted by atomic mass is 19.4. The highest BCUT2D eigenvalue weighted by Gasteiger charge is 2.61. The van der Waals surface area contributed by atoms with Crippen LogP contribution in [0.4, 0.5) is 18.0 Å². The summed E-state index contributed by atoms with van der Waals surface area (Å²) in [5.41, 5.74) is 0.767. The molecule has 0 atom stereocenters. The minimum atomic E-state index is -4.76. The minimum Gasteiger partial charge on any atom is -0.368 e. The quantitative estimate of drug-likeness (QED) is 0.789. The van der Waals surface area contributed by atoms with Gasteiger partial charge in [0.05, 0.1) is 5.56 Å². The van der Waals surface area contributed by atoms with Crippen LogP contribution in [0.3, 0.4) is 0 Å². The third-order valence-electron chi connectivity index (χ3n) is 3.82. The predicted octanol–water partition coefficient (Wildman–Crippen LogP) is 0.479. The van der Waals surface area contributed by atoms with E-state index in [1.807, 2.05) is 0 Å². The van der Waals surface area contributed by atoms with Gasteiger partial charge in [0.1, 0.15) is 0 Å². The molecule has 1 aromatic rings. The van der Waals surface area contributed by atoms with Crippen LogP contribution in [0.25, 0.3) is 0 Å². The molecule has 0 bridgehead atoms. The molecule has 0 aromatic heterocycles. The van der Waals surface area contributed by atoms with Gasteiger partial charge in [-0.2, -0.15) is 13.2 Å². The number of amides is 5. The van der Waals surface area contributed by atoms with E-state index in [9.17, 15) is 32.3 Å². The van der Waals surface area contributed by atoms with Gasteiger partial charge >= 0.3 is 12.2 Å². The number of primary amides is 1. The van der Waals surface area contributed by atoms with E-state index in [4.69, 9.17) is 5.73 Å². The van der Waals surface area contributed by atoms with Gasteiger partial charge in [0, 0.05) is 14.1 Å². The van der Waals surface area contributed by atoms with E-state index in [-0.39, 0.29) is 0 Å². The van der Waals surface area contributed by atoms with Crippen LogP contribution in [0.1, 0.15) is 11.1 Å². The molecule has 5 amide bonds. The number of rotatable bonds is 2. The van der Waals surface area contributed by atoms with Gasteiger partial charge in [-0.25, -0.2) is 4.79 Å². The fraction of sp³-hybridized carbons (Fsp3) is 0.286. The maximum absolute atomic E-state index is 12.9. The molecule has 0 aliphatic carbocycles. The molecule has 0 radical (unpaired) electrons. The van der Waals surface area contributed by atoms with E-state index in [0.29, 0.717) is 21.9 Å². The van der Waals surface area contributed by atoms with Crippen LogP contribution in [-0.4, -0.2) is 47.6 Å². The van der Waals surface area contributed by atoms with Crippen molar-refractivity contribution in [3.63, 3.8) is 0 Å². The number of nitrogens with two attached hydrogens (primary N) is 1. The van der Waals surface area contributed by atoms with Crippen molar-refractivity contribution in [1.29, 1.82) is 0 Å². The molecule has 10 heteroatoms. The van der Waals surface area contributed by atoms with Gasteiger partial charge in [0.15, 0.2) is 0 Å². The van der Waals surface area contributed by atoms with Crippen molar-refractivity contribution < 1.29 is 32.3 Å². The van der Waals surface area contributed by atoms with Crippen molar-refractivity contribution in [3.05, 3.63) is 35.4 Å². The Labute approximate surface area is 133 Å². The fourth-order valence-electron chi connectivity index (χ4n) is 2.52. The number of urea groups is 1. The Kier molecular flexibility index (Phi) is 3.87. The highest BCUT2D eigenvalue weighted by molar-refractivity contribution is 6.34. The van der Waals surface area contributed by atoms with E-state index in [1.54, 1.807) is 0 Å². The molecule has 1 aliphatic rings. The van der Waals surface area contributed by atoms with Gasteiger partial charge in [-0.3, -0.25) is 24.2 Å². The average Bonchev–Trinajstić information content (AvgIpc) is 2.51. The van der Waals surface area contributed by atoms with Crippen molar-refractivity contribution in [1.82, 2.24) is 9.80 Å². The molecule has 0 saturated carbocycles. The number of carbonyl (C=O) groups is 4. The van der Waals surface area contributed by atoms with Crippen LogP contribution in [0, 0.1) is 0 Å². The minimum absolute atomic E-state index is 0.465. The van der Waals surface area contributed by atoms with Crippen LogP contribution in [0.15, 0.2) is 24.3 Å². The number of likely N-dealkylation sites (N-methyl/N-ethyl adjacent to an activating group) is 2. The Bertz CT molecular complexity index is 736. The maximum Gasteiger partial charge on any atom is 0.416 e. The predicted molar refractivity (Wildman–Crippen MR) is 73.3 cm³/mol. The summed E-state index contributed by atoms with van der Waals surface area (Å²) in [6, 6.07) is 2.15. The summed E-state index contributed by atoms with van der Waals surface area (Å²) in [6.07, 6.45) is -4.76. The number of halogens is 3. The van der Waals surface area contributed by atoms with Crippen LogP contribution in [0.5, 0.6) is 0 Å². The van der Waals surface area contributed by atoms with Gasteiger partial charge in [-0.1, -0.05) is 12.1 Å². The lowest BCUT2D eigenvalue weighted by Gasteiger charge is -2.39. The van der Waals surface area contributed by atoms with Crippen molar-refractivity contribution in [2.75, 3.05) is 14.1 Å². The third-order valence-corrected chi connectivity index (χ3v) is 3.82. The zero-order valence-corrected chi connectivity index (χ0v) is 12.5. The average molecular weight is 343 g/mol. The molecule has 2 rings (SSSR count). The molecule has 1 aliphatic heterocycles. The monoisotopic (exact) mass is 343 g/mol. The van der Waals surface area contributed by atoms with Crippen LogP contribution >= 0.6 is 0 Å². The number of hydrogen-bond acceptors (Lipinski definition) is 4. The third kappa shape index (κ3) is 2.22. The van der Waals surface area contributed by atoms with E-state index in [0.717, 1.165) is 26.2 Å². The molecule has 1 saturated heterocycles. The van der Waals surface area contributed by atoms with Gasteiger partial charge in [-0.05, 0) is 17.7 Å². The van der Waals surface area contributed by atoms with Crippen molar-refractivity contribution >= 4 is 23.8 Å². The molecule has 1 heterocycles. The van der Waals surface area contributed by atoms with Gasteiger partial charge < -0.3 is 5.73 Å². The van der Waals surface area contributed by atoms with Gasteiger partial charge in [0.25, 0.3) is 11.8 Å². The number of alkyl halides is 3. The van der Waals surface area contributed by atoms with Crippen molar-refractivity contribution in [2.45, 2.75) is 11.6 Å². The number of benzene rings is 1. The molecule has 24 heavy (non-hydrogen) atoms. The second-order valence-corrected chi connectivity index (χ2v) is 5.20. The summed E-state index contributed by atoms with van der Waals surface area (Å²) in [6.45, 7) is 0. The maximum atomic E-state index is 12.9. The zero-order valence-electron chi connectivity index (χ0n) is 12.5. The molecule has 0 unspecified atom stereocenters. The zero-order chi connectivity index (χ0) is 18.4. The summed E-state index contributed by atoms with van der Waals surface area (Å²) >= 11 is 0. The first-order valence-corrected chi connectivity index (χ1v) is 6.53. The SMILES string of the molecule is CN1C(=O)N(C)C(=O)C(C(N)=O)(c2cccc(C(F)(F)F)c2)C1=O. The summed E-state index contributed by atoms with van der Waals surface area (Å²) in [5, 5.41) is 0. The van der Waals surface area contributed by atoms with Crippen LogP contribution < -0.4 is 5.73 Å². The normalized spacial score (nSPS) is 18.1. The number of barbiturate groups is 1. The molecule has 1 aromatic carbocycles. The van der Waals surface area contributed by atoms with Crippen molar-refractivity contribution in [2.24, 2.45) is 5.73 Å². The topological polar surface area (TPSA) is 101 Å². The number of hydrogen-bond donors (Lipinski definition) is 1. The summed E-state index contributed by atoms with van der Waals surface area (Å²) in [5.74, 6) is -4.08. The Morgan fingerprint density at radius 1 is 1.08 bits per heavy atom. The van der Waals surface area contributed by atoms with E-state index in [1.165, 1.54) is 0 Å². The second kappa shape index (κ2) is 5.32. The molecule has 7 nitrogen and oxygen atoms in total.